The molecule has 0 saturated carbocycles. The maximum Gasteiger partial charge on any atom is 0.327 e. The third-order valence-electron chi connectivity index (χ3n) is 1.29. The lowest BCUT2D eigenvalue weighted by Crippen LogP contribution is -2.40. The third kappa shape index (κ3) is 4.64. The molecule has 0 spiro atoms. The molecule has 0 aromatic carbocycles. The highest BCUT2D eigenvalue weighted by atomic mass is 16.4. The van der Waals surface area contributed by atoms with Gasteiger partial charge in [0.2, 0.25) is 5.91 Å². The van der Waals surface area contributed by atoms with Crippen molar-refractivity contribution in [1.82, 2.24) is 5.32 Å². The summed E-state index contributed by atoms with van der Waals surface area (Å²) < 4.78 is 0. The highest BCUT2D eigenvalue weighted by Gasteiger charge is 2.17. The summed E-state index contributed by atoms with van der Waals surface area (Å²) in [4.78, 5) is 21.4. The summed E-state index contributed by atoms with van der Waals surface area (Å²) in [5.41, 5.74) is 0. The van der Waals surface area contributed by atoms with Gasteiger partial charge in [0, 0.05) is 12.8 Å². The van der Waals surface area contributed by atoms with E-state index in [1.165, 1.54) is 6.08 Å². The van der Waals surface area contributed by atoms with Crippen LogP contribution in [0.25, 0.3) is 0 Å². The number of rotatable bonds is 5. The zero-order valence-corrected chi connectivity index (χ0v) is 7.12. The predicted octanol–water partition coefficient (Wildman–Crippen LogP) is 0.155. The number of carbonyl (C=O) groups excluding carboxylic acids is 1. The maximum absolute atomic E-state index is 10.9. The van der Waals surface area contributed by atoms with Crippen molar-refractivity contribution in [1.29, 1.82) is 0 Å². The second-order valence-electron chi connectivity index (χ2n) is 2.36. The fourth-order valence-corrected chi connectivity index (χ4v) is 0.702. The SMILES string of the molecule is C#CCC(NC(=O)CC=C)C(=O)O. The van der Waals surface area contributed by atoms with E-state index in [4.69, 9.17) is 11.5 Å². The molecule has 1 atom stereocenters. The Morgan fingerprint density at radius 3 is 2.69 bits per heavy atom. The minimum atomic E-state index is -1.13. The minimum Gasteiger partial charge on any atom is -0.480 e. The van der Waals surface area contributed by atoms with Crippen LogP contribution in [0.1, 0.15) is 12.8 Å². The summed E-state index contributed by atoms with van der Waals surface area (Å²) in [5.74, 6) is 0.655. The van der Waals surface area contributed by atoms with Gasteiger partial charge in [0.05, 0.1) is 0 Å². The Morgan fingerprint density at radius 1 is 1.69 bits per heavy atom. The number of hydrogen-bond acceptors (Lipinski definition) is 2. The van der Waals surface area contributed by atoms with E-state index in [9.17, 15) is 9.59 Å². The Morgan fingerprint density at radius 2 is 2.31 bits per heavy atom. The standard InChI is InChI=1S/C9H11NO3/c1-3-5-7(9(12)13)10-8(11)6-4-2/h1,4,7H,2,5-6H2,(H,10,11)(H,12,13). The van der Waals surface area contributed by atoms with Gasteiger partial charge in [0.25, 0.3) is 0 Å². The Balaban J connectivity index is 4.10. The number of nitrogens with one attached hydrogen (secondary N) is 1. The molecule has 0 aromatic rings. The fraction of sp³-hybridized carbons (Fsp3) is 0.333. The van der Waals surface area contributed by atoms with Crippen LogP contribution in [0, 0.1) is 12.3 Å². The zero-order valence-electron chi connectivity index (χ0n) is 7.12. The molecule has 70 valence electrons. The Bertz CT molecular complexity index is 252. The molecule has 0 aliphatic rings. The van der Waals surface area contributed by atoms with Crippen LogP contribution in [0.15, 0.2) is 12.7 Å². The number of hydrogen-bond donors (Lipinski definition) is 2. The average Bonchev–Trinajstić information content (AvgIpc) is 2.04. The van der Waals surface area contributed by atoms with Crippen LogP contribution in [0.5, 0.6) is 0 Å². The number of aliphatic carboxylic acids is 1. The van der Waals surface area contributed by atoms with Crippen molar-refractivity contribution in [2.75, 3.05) is 0 Å². The lowest BCUT2D eigenvalue weighted by molar-refractivity contribution is -0.141. The first kappa shape index (κ1) is 11.2. The van der Waals surface area contributed by atoms with E-state index in [1.54, 1.807) is 0 Å². The van der Waals surface area contributed by atoms with Crippen molar-refractivity contribution >= 4 is 11.9 Å². The van der Waals surface area contributed by atoms with Gasteiger partial charge in [0.1, 0.15) is 6.04 Å². The van der Waals surface area contributed by atoms with Gasteiger partial charge in [-0.15, -0.1) is 18.9 Å². The van der Waals surface area contributed by atoms with Gasteiger partial charge >= 0.3 is 5.97 Å². The van der Waals surface area contributed by atoms with E-state index in [0.717, 1.165) is 0 Å². The van der Waals surface area contributed by atoms with Crippen molar-refractivity contribution in [2.24, 2.45) is 0 Å². The molecule has 0 heterocycles. The van der Waals surface area contributed by atoms with Crippen LogP contribution in [0.4, 0.5) is 0 Å². The lowest BCUT2D eigenvalue weighted by atomic mass is 10.2. The van der Waals surface area contributed by atoms with E-state index in [0.29, 0.717) is 0 Å². The number of carbonyl (C=O) groups is 2. The van der Waals surface area contributed by atoms with Gasteiger partial charge in [0.15, 0.2) is 0 Å². The highest BCUT2D eigenvalue weighted by Crippen LogP contribution is 1.92. The average molecular weight is 181 g/mol. The second-order valence-corrected chi connectivity index (χ2v) is 2.36. The normalized spacial score (nSPS) is 11.0. The minimum absolute atomic E-state index is 0.0157. The van der Waals surface area contributed by atoms with Gasteiger partial charge in [-0.3, -0.25) is 4.79 Å². The molecule has 0 aromatic heterocycles. The molecule has 0 rings (SSSR count). The molecule has 0 aliphatic heterocycles. The molecule has 0 bridgehead atoms. The molecule has 4 heteroatoms. The van der Waals surface area contributed by atoms with E-state index < -0.39 is 17.9 Å². The highest BCUT2D eigenvalue weighted by molar-refractivity contribution is 5.84. The van der Waals surface area contributed by atoms with Crippen molar-refractivity contribution in [3.8, 4) is 12.3 Å². The molecule has 0 aliphatic carbocycles. The van der Waals surface area contributed by atoms with Gasteiger partial charge in [-0.05, 0) is 0 Å². The monoisotopic (exact) mass is 181 g/mol. The zero-order chi connectivity index (χ0) is 10.3. The molecule has 0 fully saturated rings. The van der Waals surface area contributed by atoms with Crippen LogP contribution in [0.2, 0.25) is 0 Å². The predicted molar refractivity (Wildman–Crippen MR) is 47.8 cm³/mol. The van der Waals surface area contributed by atoms with Gasteiger partial charge < -0.3 is 10.4 Å². The molecular formula is C9H11NO3. The van der Waals surface area contributed by atoms with Gasteiger partial charge in [-0.1, -0.05) is 6.08 Å². The quantitative estimate of drug-likeness (QED) is 0.469. The van der Waals surface area contributed by atoms with E-state index in [2.05, 4.69) is 17.8 Å². The Hall–Kier alpha value is -1.76. The Labute approximate surface area is 76.6 Å². The fourth-order valence-electron chi connectivity index (χ4n) is 0.702. The van der Waals surface area contributed by atoms with Crippen molar-refractivity contribution in [3.63, 3.8) is 0 Å². The molecule has 0 radical (unpaired) electrons. The summed E-state index contributed by atoms with van der Waals surface area (Å²) in [6.45, 7) is 3.35. The van der Waals surface area contributed by atoms with E-state index in [1.807, 2.05) is 0 Å². The molecular weight excluding hydrogens is 170 g/mol. The number of terminal acetylenes is 1. The number of amides is 1. The maximum atomic E-state index is 10.9. The van der Waals surface area contributed by atoms with Crippen LogP contribution in [-0.4, -0.2) is 23.0 Å². The van der Waals surface area contributed by atoms with Gasteiger partial charge in [-0.25, -0.2) is 4.79 Å². The van der Waals surface area contributed by atoms with Crippen molar-refractivity contribution < 1.29 is 14.7 Å². The van der Waals surface area contributed by atoms with Gasteiger partial charge in [-0.2, -0.15) is 0 Å². The first-order valence-corrected chi connectivity index (χ1v) is 3.68. The summed E-state index contributed by atoms with van der Waals surface area (Å²) >= 11 is 0. The molecule has 1 amide bonds. The van der Waals surface area contributed by atoms with Crippen LogP contribution in [-0.2, 0) is 9.59 Å². The first-order valence-electron chi connectivity index (χ1n) is 3.68. The van der Waals surface area contributed by atoms with Crippen LogP contribution >= 0.6 is 0 Å². The summed E-state index contributed by atoms with van der Waals surface area (Å²) in [5, 5.41) is 10.9. The Kier molecular flexibility index (Phi) is 5.05. The summed E-state index contributed by atoms with van der Waals surface area (Å²) in [7, 11) is 0. The molecule has 0 saturated heterocycles. The van der Waals surface area contributed by atoms with E-state index in [-0.39, 0.29) is 12.8 Å². The second kappa shape index (κ2) is 5.84. The molecule has 13 heavy (non-hydrogen) atoms. The van der Waals surface area contributed by atoms with E-state index >= 15 is 0 Å². The third-order valence-corrected chi connectivity index (χ3v) is 1.29. The number of carboxylic acids is 1. The molecule has 1 unspecified atom stereocenters. The van der Waals surface area contributed by atoms with Crippen molar-refractivity contribution in [2.45, 2.75) is 18.9 Å². The largest absolute Gasteiger partial charge is 0.480 e. The lowest BCUT2D eigenvalue weighted by Gasteiger charge is -2.10. The molecule has 4 nitrogen and oxygen atoms in total. The van der Waals surface area contributed by atoms with Crippen LogP contribution in [0.3, 0.4) is 0 Å². The topological polar surface area (TPSA) is 66.4 Å². The summed E-state index contributed by atoms with van der Waals surface area (Å²) in [6, 6.07) is -1.00. The first-order chi connectivity index (χ1) is 6.11. The smallest absolute Gasteiger partial charge is 0.327 e. The molecule has 2 N–H and O–H groups in total. The van der Waals surface area contributed by atoms with Crippen molar-refractivity contribution in [3.05, 3.63) is 12.7 Å². The summed E-state index contributed by atoms with van der Waals surface area (Å²) in [6.07, 6.45) is 6.40. The van der Waals surface area contributed by atoms with Crippen LogP contribution < -0.4 is 5.32 Å². The number of carboxylic acid groups (broad SMARTS) is 1.